The number of fused-ring (bicyclic) bond motifs is 1. The highest BCUT2D eigenvalue weighted by Gasteiger charge is 2.16. The molecule has 22 heavy (non-hydrogen) atoms. The molecule has 6 heteroatoms. The van der Waals surface area contributed by atoms with E-state index in [-0.39, 0.29) is 0 Å². The van der Waals surface area contributed by atoms with Crippen molar-refractivity contribution in [3.05, 3.63) is 53.9 Å². The van der Waals surface area contributed by atoms with E-state index in [1.165, 1.54) is 11.1 Å². The third-order valence-electron chi connectivity index (χ3n) is 3.92. The van der Waals surface area contributed by atoms with Crippen molar-refractivity contribution in [3.8, 4) is 11.1 Å². The average Bonchev–Trinajstić information content (AvgIpc) is 3.16. The quantitative estimate of drug-likeness (QED) is 0.742. The first-order chi connectivity index (χ1) is 10.8. The Hall–Kier alpha value is -2.47. The smallest absolute Gasteiger partial charge is 0.159 e. The van der Waals surface area contributed by atoms with E-state index >= 15 is 0 Å². The monoisotopic (exact) mass is 295 g/mol. The number of hydrogen-bond donors (Lipinski definition) is 0. The third kappa shape index (κ3) is 2.42. The second-order valence-corrected chi connectivity index (χ2v) is 5.53. The Kier molecular flexibility index (Phi) is 3.23. The zero-order chi connectivity index (χ0) is 14.9. The second-order valence-electron chi connectivity index (χ2n) is 5.53. The van der Waals surface area contributed by atoms with Crippen LogP contribution in [0.2, 0.25) is 0 Å². The van der Waals surface area contributed by atoms with Gasteiger partial charge in [0.1, 0.15) is 13.2 Å². The molecule has 0 atom stereocenters. The maximum Gasteiger partial charge on any atom is 0.159 e. The van der Waals surface area contributed by atoms with Gasteiger partial charge in [-0.2, -0.15) is 5.10 Å². The Bertz CT molecular complexity index is 787. The molecule has 6 nitrogen and oxygen atoms in total. The van der Waals surface area contributed by atoms with Gasteiger partial charge in [-0.25, -0.2) is 0 Å². The lowest BCUT2D eigenvalue weighted by atomic mass is 10.1. The first-order valence-corrected chi connectivity index (χ1v) is 7.38. The molecule has 0 saturated heterocycles. The molecule has 0 aliphatic carbocycles. The minimum absolute atomic E-state index is 0.542. The van der Waals surface area contributed by atoms with Gasteiger partial charge >= 0.3 is 0 Å². The number of aromatic nitrogens is 5. The molecule has 0 fully saturated rings. The summed E-state index contributed by atoms with van der Waals surface area (Å²) in [6, 6.07) is 8.46. The first-order valence-electron chi connectivity index (χ1n) is 7.38. The van der Waals surface area contributed by atoms with Crippen LogP contribution in [0.4, 0.5) is 0 Å². The van der Waals surface area contributed by atoms with Crippen molar-refractivity contribution in [2.45, 2.75) is 26.6 Å². The van der Waals surface area contributed by atoms with E-state index in [9.17, 15) is 0 Å². The lowest BCUT2D eigenvalue weighted by Gasteiger charge is -2.15. The zero-order valence-electron chi connectivity index (χ0n) is 12.4. The predicted octanol–water partition coefficient (Wildman–Crippen LogP) is 2.03. The summed E-state index contributed by atoms with van der Waals surface area (Å²) in [6.45, 7) is 4.78. The van der Waals surface area contributed by atoms with E-state index in [2.05, 4.69) is 51.1 Å². The molecule has 3 aromatic rings. The van der Waals surface area contributed by atoms with Crippen molar-refractivity contribution in [1.29, 1.82) is 0 Å². The van der Waals surface area contributed by atoms with Crippen LogP contribution in [0.25, 0.3) is 11.1 Å². The van der Waals surface area contributed by atoms with E-state index < -0.39 is 0 Å². The van der Waals surface area contributed by atoms with Crippen LogP contribution in [-0.2, 0) is 24.4 Å². The molecule has 0 saturated carbocycles. The highest BCUT2D eigenvalue weighted by Crippen LogP contribution is 2.19. The lowest BCUT2D eigenvalue weighted by molar-refractivity contribution is 0.0805. The maximum absolute atomic E-state index is 5.39. The summed E-state index contributed by atoms with van der Waals surface area (Å²) < 4.78 is 9.41. The van der Waals surface area contributed by atoms with Crippen LogP contribution in [0, 0.1) is 6.92 Å². The molecule has 0 radical (unpaired) electrons. The predicted molar refractivity (Wildman–Crippen MR) is 81.2 cm³/mol. The molecular formula is C16H17N5O. The largest absolute Gasteiger partial charge is 0.372 e. The summed E-state index contributed by atoms with van der Waals surface area (Å²) in [5.41, 5.74) is 3.55. The molecule has 0 N–H and O–H groups in total. The Balaban J connectivity index is 1.57. The highest BCUT2D eigenvalue weighted by atomic mass is 16.5. The molecule has 3 heterocycles. The van der Waals surface area contributed by atoms with Crippen LogP contribution in [0.1, 0.15) is 17.2 Å². The number of benzene rings is 1. The van der Waals surface area contributed by atoms with Gasteiger partial charge < -0.3 is 9.30 Å². The Morgan fingerprint density at radius 2 is 2.00 bits per heavy atom. The minimum atomic E-state index is 0.542. The Labute approximate surface area is 128 Å². The SMILES string of the molecule is Cc1ccc(-c2cnn(Cc3nnc4n3CCOC4)c2)cc1. The molecule has 0 unspecified atom stereocenters. The molecule has 112 valence electrons. The number of rotatable bonds is 3. The molecule has 1 aliphatic rings. The van der Waals surface area contributed by atoms with Crippen LogP contribution >= 0.6 is 0 Å². The van der Waals surface area contributed by atoms with Gasteiger partial charge in [0.2, 0.25) is 0 Å². The third-order valence-corrected chi connectivity index (χ3v) is 3.92. The second kappa shape index (κ2) is 5.38. The van der Waals surface area contributed by atoms with Crippen molar-refractivity contribution in [2.24, 2.45) is 0 Å². The summed E-state index contributed by atoms with van der Waals surface area (Å²) in [7, 11) is 0. The van der Waals surface area contributed by atoms with E-state index in [0.29, 0.717) is 19.8 Å². The van der Waals surface area contributed by atoms with Crippen molar-refractivity contribution in [2.75, 3.05) is 6.61 Å². The first kappa shape index (κ1) is 13.2. The fraction of sp³-hybridized carbons (Fsp3) is 0.312. The number of nitrogens with zero attached hydrogens (tertiary/aromatic N) is 5. The van der Waals surface area contributed by atoms with E-state index in [0.717, 1.165) is 23.8 Å². The normalized spacial score (nSPS) is 14.0. The lowest BCUT2D eigenvalue weighted by Crippen LogP contribution is -2.19. The zero-order valence-corrected chi connectivity index (χ0v) is 12.4. The van der Waals surface area contributed by atoms with Crippen LogP contribution in [0.5, 0.6) is 0 Å². The molecule has 0 spiro atoms. The fourth-order valence-electron chi connectivity index (χ4n) is 2.66. The van der Waals surface area contributed by atoms with Crippen molar-refractivity contribution >= 4 is 0 Å². The standard InChI is InChI=1S/C16H17N5O/c1-12-2-4-13(5-3-12)14-8-17-20(9-14)10-15-18-19-16-11-22-7-6-21(15)16/h2-5,8-9H,6-7,10-11H2,1H3. The summed E-state index contributed by atoms with van der Waals surface area (Å²) in [6.07, 6.45) is 3.94. The highest BCUT2D eigenvalue weighted by molar-refractivity contribution is 5.61. The maximum atomic E-state index is 5.39. The topological polar surface area (TPSA) is 57.8 Å². The van der Waals surface area contributed by atoms with E-state index in [4.69, 9.17) is 4.74 Å². The van der Waals surface area contributed by atoms with E-state index in [1.807, 2.05) is 17.1 Å². The van der Waals surface area contributed by atoms with Gasteiger partial charge in [-0.05, 0) is 12.5 Å². The summed E-state index contributed by atoms with van der Waals surface area (Å²) >= 11 is 0. The van der Waals surface area contributed by atoms with Gasteiger partial charge in [-0.1, -0.05) is 29.8 Å². The molecule has 0 bridgehead atoms. The van der Waals surface area contributed by atoms with Gasteiger partial charge in [0.15, 0.2) is 11.6 Å². The molecule has 2 aromatic heterocycles. The molecule has 1 aliphatic heterocycles. The van der Waals surface area contributed by atoms with Crippen molar-refractivity contribution in [1.82, 2.24) is 24.5 Å². The van der Waals surface area contributed by atoms with Crippen LogP contribution in [0.15, 0.2) is 36.7 Å². The van der Waals surface area contributed by atoms with E-state index in [1.54, 1.807) is 0 Å². The fourth-order valence-corrected chi connectivity index (χ4v) is 2.66. The molecule has 1 aromatic carbocycles. The summed E-state index contributed by atoms with van der Waals surface area (Å²) in [5.74, 6) is 1.82. The van der Waals surface area contributed by atoms with Gasteiger partial charge in [0.25, 0.3) is 0 Å². The minimum Gasteiger partial charge on any atom is -0.372 e. The Morgan fingerprint density at radius 1 is 1.14 bits per heavy atom. The van der Waals surface area contributed by atoms with Gasteiger partial charge in [-0.15, -0.1) is 10.2 Å². The Morgan fingerprint density at radius 3 is 2.86 bits per heavy atom. The van der Waals surface area contributed by atoms with Crippen LogP contribution in [0.3, 0.4) is 0 Å². The van der Waals surface area contributed by atoms with Crippen molar-refractivity contribution in [3.63, 3.8) is 0 Å². The molecule has 4 rings (SSSR count). The van der Waals surface area contributed by atoms with Gasteiger partial charge in [0, 0.05) is 18.3 Å². The average molecular weight is 295 g/mol. The number of ether oxygens (including phenoxy) is 1. The van der Waals surface area contributed by atoms with Crippen molar-refractivity contribution < 1.29 is 4.74 Å². The van der Waals surface area contributed by atoms with Crippen LogP contribution in [-0.4, -0.2) is 31.2 Å². The van der Waals surface area contributed by atoms with Gasteiger partial charge in [0.05, 0.1) is 12.8 Å². The summed E-state index contributed by atoms with van der Waals surface area (Å²) in [4.78, 5) is 0. The summed E-state index contributed by atoms with van der Waals surface area (Å²) in [5, 5.41) is 12.9. The number of hydrogen-bond acceptors (Lipinski definition) is 4. The molecule has 0 amide bonds. The van der Waals surface area contributed by atoms with Crippen LogP contribution < -0.4 is 0 Å². The molecular weight excluding hydrogens is 278 g/mol. The van der Waals surface area contributed by atoms with Gasteiger partial charge in [-0.3, -0.25) is 4.68 Å². The number of aryl methyl sites for hydroxylation is 1.